The minimum absolute atomic E-state index is 0.301. The summed E-state index contributed by atoms with van der Waals surface area (Å²) >= 11 is 0. The number of hydrogen-bond acceptors (Lipinski definition) is 2. The molecule has 1 N–H and O–H groups in total. The summed E-state index contributed by atoms with van der Waals surface area (Å²) in [6.45, 7) is 0.301. The van der Waals surface area contributed by atoms with Gasteiger partial charge in [0.1, 0.15) is 5.75 Å². The van der Waals surface area contributed by atoms with Crippen LogP contribution in [0.1, 0.15) is 42.7 Å². The SMILES string of the molecule is COc1cccc2c1CCCC2CCCO. The van der Waals surface area contributed by atoms with Crippen LogP contribution in [-0.4, -0.2) is 18.8 Å². The van der Waals surface area contributed by atoms with Gasteiger partial charge in [0.2, 0.25) is 0 Å². The van der Waals surface area contributed by atoms with Gasteiger partial charge in [-0.3, -0.25) is 0 Å². The van der Waals surface area contributed by atoms with Gasteiger partial charge in [-0.25, -0.2) is 0 Å². The molecule has 1 aromatic rings. The molecule has 2 rings (SSSR count). The Morgan fingerprint density at radius 3 is 3.06 bits per heavy atom. The summed E-state index contributed by atoms with van der Waals surface area (Å²) in [5, 5.41) is 8.92. The van der Waals surface area contributed by atoms with E-state index < -0.39 is 0 Å². The third-order valence-electron chi connectivity index (χ3n) is 3.52. The number of aliphatic hydroxyl groups is 1. The molecule has 2 nitrogen and oxygen atoms in total. The quantitative estimate of drug-likeness (QED) is 0.845. The number of hydrogen-bond donors (Lipinski definition) is 1. The standard InChI is InChI=1S/C14H20O2/c1-16-14-9-3-7-12-11(6-4-10-15)5-2-8-13(12)14/h3,7,9,11,15H,2,4-6,8,10H2,1H3. The highest BCUT2D eigenvalue weighted by atomic mass is 16.5. The van der Waals surface area contributed by atoms with E-state index >= 15 is 0 Å². The van der Waals surface area contributed by atoms with Gasteiger partial charge in [-0.05, 0) is 55.2 Å². The molecule has 0 aliphatic heterocycles. The summed E-state index contributed by atoms with van der Waals surface area (Å²) in [5.74, 6) is 1.65. The minimum atomic E-state index is 0.301. The van der Waals surface area contributed by atoms with Gasteiger partial charge in [-0.15, -0.1) is 0 Å². The largest absolute Gasteiger partial charge is 0.496 e. The second kappa shape index (κ2) is 5.35. The first-order chi connectivity index (χ1) is 7.86. The van der Waals surface area contributed by atoms with Gasteiger partial charge in [0.15, 0.2) is 0 Å². The zero-order valence-corrected chi connectivity index (χ0v) is 9.91. The number of aliphatic hydroxyl groups excluding tert-OH is 1. The molecule has 0 fully saturated rings. The molecular weight excluding hydrogens is 200 g/mol. The molecule has 1 aliphatic carbocycles. The Labute approximate surface area is 97.3 Å². The molecule has 0 saturated heterocycles. The molecule has 0 aromatic heterocycles. The molecular formula is C14H20O2. The second-order valence-electron chi connectivity index (χ2n) is 4.48. The summed E-state index contributed by atoms with van der Waals surface area (Å²) in [4.78, 5) is 0. The van der Waals surface area contributed by atoms with E-state index in [9.17, 15) is 0 Å². The van der Waals surface area contributed by atoms with Crippen molar-refractivity contribution in [1.82, 2.24) is 0 Å². The van der Waals surface area contributed by atoms with Gasteiger partial charge in [0.05, 0.1) is 7.11 Å². The van der Waals surface area contributed by atoms with Gasteiger partial charge in [-0.1, -0.05) is 12.1 Å². The Balaban J connectivity index is 2.24. The fourth-order valence-electron chi connectivity index (χ4n) is 2.74. The highest BCUT2D eigenvalue weighted by Crippen LogP contribution is 2.38. The lowest BCUT2D eigenvalue weighted by Crippen LogP contribution is -2.11. The zero-order chi connectivity index (χ0) is 11.4. The maximum atomic E-state index is 8.92. The van der Waals surface area contributed by atoms with Crippen molar-refractivity contribution in [3.63, 3.8) is 0 Å². The summed E-state index contributed by atoms with van der Waals surface area (Å²) in [5.41, 5.74) is 2.83. The summed E-state index contributed by atoms with van der Waals surface area (Å²) in [6, 6.07) is 6.35. The van der Waals surface area contributed by atoms with Crippen LogP contribution < -0.4 is 4.74 Å². The fraction of sp³-hybridized carbons (Fsp3) is 0.571. The summed E-state index contributed by atoms with van der Waals surface area (Å²) in [6.07, 6.45) is 5.62. The first kappa shape index (κ1) is 11.5. The molecule has 2 heteroatoms. The lowest BCUT2D eigenvalue weighted by atomic mass is 9.80. The highest BCUT2D eigenvalue weighted by Gasteiger charge is 2.21. The van der Waals surface area contributed by atoms with Crippen molar-refractivity contribution in [3.05, 3.63) is 29.3 Å². The van der Waals surface area contributed by atoms with Crippen molar-refractivity contribution < 1.29 is 9.84 Å². The van der Waals surface area contributed by atoms with Crippen molar-refractivity contribution in [2.75, 3.05) is 13.7 Å². The maximum absolute atomic E-state index is 8.92. The monoisotopic (exact) mass is 220 g/mol. The van der Waals surface area contributed by atoms with Gasteiger partial charge >= 0.3 is 0 Å². The van der Waals surface area contributed by atoms with Crippen LogP contribution in [0.15, 0.2) is 18.2 Å². The lowest BCUT2D eigenvalue weighted by Gasteiger charge is -2.26. The van der Waals surface area contributed by atoms with Crippen LogP contribution in [0, 0.1) is 0 Å². The molecule has 0 heterocycles. The molecule has 1 atom stereocenters. The van der Waals surface area contributed by atoms with E-state index in [4.69, 9.17) is 9.84 Å². The molecule has 1 aliphatic rings. The van der Waals surface area contributed by atoms with E-state index in [0.717, 1.165) is 25.0 Å². The zero-order valence-electron chi connectivity index (χ0n) is 9.91. The average Bonchev–Trinajstić information content (AvgIpc) is 2.35. The molecule has 88 valence electrons. The van der Waals surface area contributed by atoms with E-state index in [0.29, 0.717) is 12.5 Å². The van der Waals surface area contributed by atoms with Crippen LogP contribution >= 0.6 is 0 Å². The molecule has 0 spiro atoms. The number of methoxy groups -OCH3 is 1. The number of rotatable bonds is 4. The van der Waals surface area contributed by atoms with Gasteiger partial charge in [-0.2, -0.15) is 0 Å². The van der Waals surface area contributed by atoms with Crippen molar-refractivity contribution in [2.24, 2.45) is 0 Å². The number of fused-ring (bicyclic) bond motifs is 1. The van der Waals surface area contributed by atoms with Crippen molar-refractivity contribution in [1.29, 1.82) is 0 Å². The molecule has 0 radical (unpaired) electrons. The summed E-state index contributed by atoms with van der Waals surface area (Å²) < 4.78 is 5.42. The van der Waals surface area contributed by atoms with E-state index in [2.05, 4.69) is 12.1 Å². The Kier molecular flexibility index (Phi) is 3.83. The third kappa shape index (κ3) is 2.22. The van der Waals surface area contributed by atoms with E-state index in [-0.39, 0.29) is 0 Å². The van der Waals surface area contributed by atoms with Crippen LogP contribution in [-0.2, 0) is 6.42 Å². The smallest absolute Gasteiger partial charge is 0.122 e. The Bertz CT molecular complexity index is 347. The number of ether oxygens (including phenoxy) is 1. The van der Waals surface area contributed by atoms with Crippen molar-refractivity contribution in [2.45, 2.75) is 38.0 Å². The Morgan fingerprint density at radius 2 is 2.31 bits per heavy atom. The Hall–Kier alpha value is -1.02. The highest BCUT2D eigenvalue weighted by molar-refractivity contribution is 5.43. The molecule has 1 aromatic carbocycles. The van der Waals surface area contributed by atoms with E-state index in [1.165, 1.54) is 24.0 Å². The maximum Gasteiger partial charge on any atom is 0.122 e. The topological polar surface area (TPSA) is 29.5 Å². The van der Waals surface area contributed by atoms with Crippen molar-refractivity contribution in [3.8, 4) is 5.75 Å². The second-order valence-corrected chi connectivity index (χ2v) is 4.48. The van der Waals surface area contributed by atoms with Gasteiger partial charge < -0.3 is 9.84 Å². The predicted molar refractivity (Wildman–Crippen MR) is 65.0 cm³/mol. The Morgan fingerprint density at radius 1 is 1.44 bits per heavy atom. The first-order valence-electron chi connectivity index (χ1n) is 6.13. The predicted octanol–water partition coefficient (Wildman–Crippen LogP) is 2.89. The van der Waals surface area contributed by atoms with Crippen LogP contribution in [0.5, 0.6) is 5.75 Å². The van der Waals surface area contributed by atoms with Gasteiger partial charge in [0, 0.05) is 6.61 Å². The van der Waals surface area contributed by atoms with Crippen LogP contribution in [0.25, 0.3) is 0 Å². The molecule has 0 bridgehead atoms. The van der Waals surface area contributed by atoms with Gasteiger partial charge in [0.25, 0.3) is 0 Å². The normalized spacial score (nSPS) is 19.2. The van der Waals surface area contributed by atoms with E-state index in [1.54, 1.807) is 7.11 Å². The lowest BCUT2D eigenvalue weighted by molar-refractivity contribution is 0.276. The molecule has 1 unspecified atom stereocenters. The average molecular weight is 220 g/mol. The fourth-order valence-corrected chi connectivity index (χ4v) is 2.74. The van der Waals surface area contributed by atoms with E-state index in [1.807, 2.05) is 6.07 Å². The number of benzene rings is 1. The van der Waals surface area contributed by atoms with Crippen LogP contribution in [0.4, 0.5) is 0 Å². The summed E-state index contributed by atoms with van der Waals surface area (Å²) in [7, 11) is 1.74. The van der Waals surface area contributed by atoms with Crippen LogP contribution in [0.2, 0.25) is 0 Å². The molecule has 0 saturated carbocycles. The molecule has 0 amide bonds. The third-order valence-corrected chi connectivity index (χ3v) is 3.52. The van der Waals surface area contributed by atoms with Crippen molar-refractivity contribution >= 4 is 0 Å². The molecule has 16 heavy (non-hydrogen) atoms. The first-order valence-corrected chi connectivity index (χ1v) is 6.13. The van der Waals surface area contributed by atoms with Crippen LogP contribution in [0.3, 0.4) is 0 Å². The minimum Gasteiger partial charge on any atom is -0.496 e.